The summed E-state index contributed by atoms with van der Waals surface area (Å²) in [7, 11) is 1.59. The highest BCUT2D eigenvalue weighted by atomic mass is 32.1. The van der Waals surface area contributed by atoms with Crippen LogP contribution in [0.3, 0.4) is 0 Å². The summed E-state index contributed by atoms with van der Waals surface area (Å²) in [6.07, 6.45) is -0.0512. The second-order valence-corrected chi connectivity index (χ2v) is 7.65. The number of aromatic nitrogens is 1. The molecule has 0 atom stereocenters. The predicted molar refractivity (Wildman–Crippen MR) is 96.3 cm³/mol. The fourth-order valence-corrected chi connectivity index (χ4v) is 3.10. The number of aromatic carboxylic acids is 1. The van der Waals surface area contributed by atoms with Gasteiger partial charge in [-0.3, -0.25) is 4.79 Å². The first-order valence-corrected chi connectivity index (χ1v) is 8.65. The van der Waals surface area contributed by atoms with Gasteiger partial charge in [0.25, 0.3) is 0 Å². The highest BCUT2D eigenvalue weighted by Crippen LogP contribution is 2.29. The van der Waals surface area contributed by atoms with Crippen LogP contribution in [-0.2, 0) is 23.2 Å². The first-order chi connectivity index (χ1) is 11.7. The van der Waals surface area contributed by atoms with Crippen molar-refractivity contribution in [2.24, 2.45) is 0 Å². The summed E-state index contributed by atoms with van der Waals surface area (Å²) >= 11 is 1.13. The molecule has 0 radical (unpaired) electrons. The van der Waals surface area contributed by atoms with Crippen molar-refractivity contribution in [3.8, 4) is 5.75 Å². The van der Waals surface area contributed by atoms with Crippen LogP contribution in [0.25, 0.3) is 0 Å². The maximum Gasteiger partial charge on any atom is 0.347 e. The van der Waals surface area contributed by atoms with Gasteiger partial charge in [-0.25, -0.2) is 9.78 Å². The van der Waals surface area contributed by atoms with Crippen molar-refractivity contribution in [1.29, 1.82) is 0 Å². The molecule has 0 aliphatic carbocycles. The van der Waals surface area contributed by atoms with Crippen LogP contribution >= 0.6 is 11.3 Å². The van der Waals surface area contributed by atoms with E-state index in [9.17, 15) is 14.7 Å². The summed E-state index contributed by atoms with van der Waals surface area (Å²) < 4.78 is 5.09. The van der Waals surface area contributed by atoms with E-state index in [-0.39, 0.29) is 22.6 Å². The second-order valence-electron chi connectivity index (χ2n) is 6.65. The Hall–Kier alpha value is -2.41. The molecule has 2 rings (SSSR count). The van der Waals surface area contributed by atoms with E-state index < -0.39 is 5.97 Å². The zero-order valence-electron chi connectivity index (χ0n) is 14.8. The largest absolute Gasteiger partial charge is 0.497 e. The van der Waals surface area contributed by atoms with Gasteiger partial charge in [0.2, 0.25) is 5.91 Å². The molecule has 6 nitrogen and oxygen atoms in total. The average Bonchev–Trinajstić information content (AvgIpc) is 2.97. The minimum absolute atomic E-state index is 0.0512. The van der Waals surface area contributed by atoms with Crippen molar-refractivity contribution in [2.75, 3.05) is 7.11 Å². The van der Waals surface area contributed by atoms with Crippen LogP contribution in [0.1, 0.15) is 46.7 Å². The fraction of sp³-hybridized carbons (Fsp3) is 0.389. The molecule has 0 aliphatic rings. The average molecular weight is 362 g/mol. The Bertz CT molecular complexity index is 760. The van der Waals surface area contributed by atoms with Crippen molar-refractivity contribution < 1.29 is 19.4 Å². The maximum atomic E-state index is 12.2. The summed E-state index contributed by atoms with van der Waals surface area (Å²) in [5.41, 5.74) is 0.989. The Balaban J connectivity index is 2.04. The van der Waals surface area contributed by atoms with Crippen molar-refractivity contribution in [2.45, 2.75) is 39.2 Å². The van der Waals surface area contributed by atoms with E-state index in [1.807, 2.05) is 45.0 Å². The molecule has 7 heteroatoms. The highest BCUT2D eigenvalue weighted by Gasteiger charge is 2.25. The van der Waals surface area contributed by atoms with Crippen LogP contribution in [0.2, 0.25) is 0 Å². The third-order valence-corrected chi connectivity index (χ3v) is 5.02. The molecule has 0 saturated heterocycles. The molecular weight excluding hydrogens is 340 g/mol. The lowest BCUT2D eigenvalue weighted by atomic mass is 9.98. The van der Waals surface area contributed by atoms with E-state index >= 15 is 0 Å². The number of carboxylic acid groups (broad SMARTS) is 1. The van der Waals surface area contributed by atoms with E-state index in [2.05, 4.69) is 10.3 Å². The molecule has 134 valence electrons. The quantitative estimate of drug-likeness (QED) is 0.825. The molecule has 1 aromatic heterocycles. The Morgan fingerprint density at radius 3 is 2.40 bits per heavy atom. The van der Waals surface area contributed by atoms with Crippen molar-refractivity contribution in [3.63, 3.8) is 0 Å². The number of benzene rings is 1. The van der Waals surface area contributed by atoms with Crippen LogP contribution in [0, 0.1) is 0 Å². The Morgan fingerprint density at radius 2 is 1.88 bits per heavy atom. The summed E-state index contributed by atoms with van der Waals surface area (Å²) in [5.74, 6) is -0.562. The number of hydrogen-bond acceptors (Lipinski definition) is 5. The lowest BCUT2D eigenvalue weighted by Gasteiger charge is -2.13. The van der Waals surface area contributed by atoms with Crippen LogP contribution in [-0.4, -0.2) is 29.1 Å². The van der Waals surface area contributed by atoms with Crippen molar-refractivity contribution >= 4 is 23.2 Å². The summed E-state index contributed by atoms with van der Waals surface area (Å²) in [6, 6.07) is 7.37. The van der Waals surface area contributed by atoms with Crippen LogP contribution < -0.4 is 10.1 Å². The minimum atomic E-state index is -1.05. The van der Waals surface area contributed by atoms with Gasteiger partial charge in [0.15, 0.2) is 0 Å². The number of carbonyl (C=O) groups excluding carboxylic acids is 1. The molecule has 0 spiro atoms. The standard InChI is InChI=1S/C18H22N2O4S/c1-18(2,3)17-20-13(15(25-17)16(22)23)9-14(21)19-10-11-5-7-12(24-4)8-6-11/h5-8H,9-10H2,1-4H3,(H,19,21)(H,22,23). The van der Waals surface area contributed by atoms with E-state index in [4.69, 9.17) is 4.74 Å². The van der Waals surface area contributed by atoms with Gasteiger partial charge < -0.3 is 15.2 Å². The second kappa shape index (κ2) is 7.65. The molecular formula is C18H22N2O4S. The third-order valence-electron chi connectivity index (χ3n) is 3.51. The minimum Gasteiger partial charge on any atom is -0.497 e. The number of methoxy groups -OCH3 is 1. The first-order valence-electron chi connectivity index (χ1n) is 7.84. The predicted octanol–water partition coefficient (Wildman–Crippen LogP) is 3.01. The molecule has 1 amide bonds. The van der Waals surface area contributed by atoms with Gasteiger partial charge in [0.1, 0.15) is 10.6 Å². The van der Waals surface area contributed by atoms with Gasteiger partial charge in [-0.2, -0.15) is 0 Å². The van der Waals surface area contributed by atoms with Gasteiger partial charge in [-0.05, 0) is 17.7 Å². The summed E-state index contributed by atoms with van der Waals surface area (Å²) in [5, 5.41) is 12.8. The molecule has 0 unspecified atom stereocenters. The number of rotatable bonds is 6. The van der Waals surface area contributed by atoms with E-state index in [1.54, 1.807) is 7.11 Å². The van der Waals surface area contributed by atoms with Gasteiger partial charge in [-0.15, -0.1) is 11.3 Å². The molecule has 0 fully saturated rings. The van der Waals surface area contributed by atoms with Gasteiger partial charge in [-0.1, -0.05) is 32.9 Å². The van der Waals surface area contributed by atoms with Gasteiger partial charge in [0.05, 0.1) is 24.2 Å². The molecule has 0 aliphatic heterocycles. The van der Waals surface area contributed by atoms with Crippen LogP contribution in [0.15, 0.2) is 24.3 Å². The summed E-state index contributed by atoms with van der Waals surface area (Å²) in [6.45, 7) is 6.25. The Kier molecular flexibility index (Phi) is 5.79. The maximum absolute atomic E-state index is 12.2. The number of carbonyl (C=O) groups is 2. The topological polar surface area (TPSA) is 88.5 Å². The molecule has 1 aromatic carbocycles. The zero-order valence-corrected chi connectivity index (χ0v) is 15.6. The number of hydrogen-bond donors (Lipinski definition) is 2. The smallest absolute Gasteiger partial charge is 0.347 e. The molecule has 2 N–H and O–H groups in total. The van der Waals surface area contributed by atoms with Crippen molar-refractivity contribution in [3.05, 3.63) is 45.4 Å². The first kappa shape index (κ1) is 18.9. The zero-order chi connectivity index (χ0) is 18.6. The number of carboxylic acids is 1. The molecule has 0 bridgehead atoms. The Morgan fingerprint density at radius 1 is 1.24 bits per heavy atom. The number of ether oxygens (including phenoxy) is 1. The Labute approximate surface area is 150 Å². The fourth-order valence-electron chi connectivity index (χ4n) is 2.12. The van der Waals surface area contributed by atoms with E-state index in [1.165, 1.54) is 0 Å². The highest BCUT2D eigenvalue weighted by molar-refractivity contribution is 7.13. The van der Waals surface area contributed by atoms with Gasteiger partial charge >= 0.3 is 5.97 Å². The number of amides is 1. The SMILES string of the molecule is COc1ccc(CNC(=O)Cc2nc(C(C)(C)C)sc2C(=O)O)cc1. The number of thiazole rings is 1. The van der Waals surface area contributed by atoms with Crippen LogP contribution in [0.4, 0.5) is 0 Å². The van der Waals surface area contributed by atoms with Crippen LogP contribution in [0.5, 0.6) is 5.75 Å². The lowest BCUT2D eigenvalue weighted by Crippen LogP contribution is -2.25. The summed E-state index contributed by atoms with van der Waals surface area (Å²) in [4.78, 5) is 28.1. The number of nitrogens with one attached hydrogen (secondary N) is 1. The van der Waals surface area contributed by atoms with Crippen molar-refractivity contribution in [1.82, 2.24) is 10.3 Å². The molecule has 1 heterocycles. The normalized spacial score (nSPS) is 11.2. The number of nitrogens with zero attached hydrogens (tertiary/aromatic N) is 1. The van der Waals surface area contributed by atoms with E-state index in [0.29, 0.717) is 17.2 Å². The molecule has 2 aromatic rings. The van der Waals surface area contributed by atoms with Gasteiger partial charge in [0, 0.05) is 12.0 Å². The monoisotopic (exact) mass is 362 g/mol. The third kappa shape index (κ3) is 5.03. The molecule has 0 saturated carbocycles. The molecule has 25 heavy (non-hydrogen) atoms. The lowest BCUT2D eigenvalue weighted by molar-refractivity contribution is -0.120. The van der Waals surface area contributed by atoms with E-state index in [0.717, 1.165) is 22.6 Å².